The van der Waals surface area contributed by atoms with Gasteiger partial charge in [-0.2, -0.15) is 0 Å². The zero-order valence-corrected chi connectivity index (χ0v) is 8.09. The van der Waals surface area contributed by atoms with E-state index in [-0.39, 0.29) is 6.04 Å². The van der Waals surface area contributed by atoms with Crippen molar-refractivity contribution >= 4 is 15.9 Å². The van der Waals surface area contributed by atoms with Gasteiger partial charge in [0.05, 0.1) is 12.4 Å². The Balaban J connectivity index is 2.68. The van der Waals surface area contributed by atoms with Crippen LogP contribution in [0, 0.1) is 0 Å². The Kier molecular flexibility index (Phi) is 3.62. The zero-order valence-electron chi connectivity index (χ0n) is 6.50. The largest absolute Gasteiger partial charge is 0.323 e. The van der Waals surface area contributed by atoms with Crippen molar-refractivity contribution in [2.45, 2.75) is 12.5 Å². The van der Waals surface area contributed by atoms with Gasteiger partial charge in [-0.25, -0.2) is 0 Å². The molecule has 0 aromatic carbocycles. The van der Waals surface area contributed by atoms with Gasteiger partial charge in [-0.05, 0) is 34.5 Å². The van der Waals surface area contributed by atoms with Crippen molar-refractivity contribution in [3.63, 3.8) is 0 Å². The second-order valence-electron chi connectivity index (χ2n) is 2.49. The summed E-state index contributed by atoms with van der Waals surface area (Å²) in [6.07, 6.45) is 1.99. The highest BCUT2D eigenvalue weighted by molar-refractivity contribution is 9.10. The third-order valence-electron chi connectivity index (χ3n) is 1.55. The van der Waals surface area contributed by atoms with Gasteiger partial charge < -0.3 is 5.73 Å². The molecule has 0 fully saturated rings. The first-order valence-corrected chi connectivity index (χ1v) is 4.46. The molecule has 0 aliphatic carbocycles. The van der Waals surface area contributed by atoms with E-state index in [1.165, 1.54) is 0 Å². The molecule has 1 aromatic heterocycles. The number of halogens is 2. The Morgan fingerprint density at radius 3 is 2.83 bits per heavy atom. The minimum atomic E-state index is -0.404. The predicted molar refractivity (Wildman–Crippen MR) is 49.5 cm³/mol. The molecule has 0 spiro atoms. The number of aromatic nitrogens is 1. The van der Waals surface area contributed by atoms with Crippen LogP contribution < -0.4 is 5.73 Å². The van der Waals surface area contributed by atoms with Crippen molar-refractivity contribution in [2.75, 3.05) is 6.67 Å². The third-order valence-corrected chi connectivity index (χ3v) is 2.02. The van der Waals surface area contributed by atoms with Crippen molar-refractivity contribution < 1.29 is 4.39 Å². The van der Waals surface area contributed by atoms with Crippen molar-refractivity contribution in [3.8, 4) is 0 Å². The Labute approximate surface area is 79.1 Å². The molecule has 0 saturated carbocycles. The molecule has 1 heterocycles. The van der Waals surface area contributed by atoms with Crippen LogP contribution in [0.4, 0.5) is 4.39 Å². The minimum Gasteiger partial charge on any atom is -0.323 e. The van der Waals surface area contributed by atoms with Crippen molar-refractivity contribution in [1.82, 2.24) is 4.98 Å². The number of nitrogens with zero attached hydrogens (tertiary/aromatic N) is 1. The van der Waals surface area contributed by atoms with E-state index in [0.29, 0.717) is 6.42 Å². The van der Waals surface area contributed by atoms with E-state index in [4.69, 9.17) is 5.73 Å². The highest BCUT2D eigenvalue weighted by Crippen LogP contribution is 2.14. The predicted octanol–water partition coefficient (Wildman–Crippen LogP) is 2.20. The molecule has 66 valence electrons. The summed E-state index contributed by atoms with van der Waals surface area (Å²) in [5, 5.41) is 0. The molecule has 1 rings (SSSR count). The fraction of sp³-hybridized carbons (Fsp3) is 0.375. The monoisotopic (exact) mass is 232 g/mol. The van der Waals surface area contributed by atoms with Gasteiger partial charge in [0.1, 0.15) is 0 Å². The summed E-state index contributed by atoms with van der Waals surface area (Å²) >= 11 is 3.26. The van der Waals surface area contributed by atoms with Gasteiger partial charge in [0.25, 0.3) is 0 Å². The molecule has 4 heteroatoms. The summed E-state index contributed by atoms with van der Waals surface area (Å²) in [5.74, 6) is 0. The second kappa shape index (κ2) is 4.52. The third kappa shape index (κ3) is 2.53. The first-order chi connectivity index (χ1) is 5.74. The van der Waals surface area contributed by atoms with Crippen LogP contribution >= 0.6 is 15.9 Å². The van der Waals surface area contributed by atoms with E-state index >= 15 is 0 Å². The van der Waals surface area contributed by atoms with Crippen molar-refractivity contribution in [1.29, 1.82) is 0 Å². The summed E-state index contributed by atoms with van der Waals surface area (Å²) in [6.45, 7) is -0.404. The van der Waals surface area contributed by atoms with E-state index in [9.17, 15) is 4.39 Å². The smallest absolute Gasteiger partial charge is 0.0913 e. The standard InChI is InChI=1S/C8H10BrFN2/c9-6-1-2-8(12-5-6)7(11)3-4-10/h1-2,5,7H,3-4,11H2/t7-/m0/s1. The first-order valence-electron chi connectivity index (χ1n) is 3.67. The average molecular weight is 233 g/mol. The second-order valence-corrected chi connectivity index (χ2v) is 3.40. The molecule has 0 amide bonds. The Morgan fingerprint density at radius 1 is 1.58 bits per heavy atom. The van der Waals surface area contributed by atoms with Crippen molar-refractivity contribution in [2.24, 2.45) is 5.73 Å². The molecule has 0 radical (unpaired) electrons. The van der Waals surface area contributed by atoms with Gasteiger partial charge in [-0.1, -0.05) is 0 Å². The van der Waals surface area contributed by atoms with Crippen LogP contribution in [0.2, 0.25) is 0 Å². The van der Waals surface area contributed by atoms with Crippen LogP contribution in [-0.4, -0.2) is 11.7 Å². The number of hydrogen-bond acceptors (Lipinski definition) is 2. The van der Waals surface area contributed by atoms with Crippen LogP contribution in [0.15, 0.2) is 22.8 Å². The van der Waals surface area contributed by atoms with Crippen LogP contribution in [0.3, 0.4) is 0 Å². The van der Waals surface area contributed by atoms with Gasteiger partial charge in [0, 0.05) is 16.7 Å². The number of hydrogen-bond donors (Lipinski definition) is 1. The highest BCUT2D eigenvalue weighted by Gasteiger charge is 2.05. The maximum atomic E-state index is 11.9. The molecule has 1 aromatic rings. The van der Waals surface area contributed by atoms with Crippen molar-refractivity contribution in [3.05, 3.63) is 28.5 Å². The molecule has 12 heavy (non-hydrogen) atoms. The Morgan fingerprint density at radius 2 is 2.33 bits per heavy atom. The summed E-state index contributed by atoms with van der Waals surface area (Å²) < 4.78 is 12.8. The van der Waals surface area contributed by atoms with Gasteiger partial charge in [0.2, 0.25) is 0 Å². The fourth-order valence-electron chi connectivity index (χ4n) is 0.872. The molecule has 0 aliphatic heterocycles. The van der Waals surface area contributed by atoms with E-state index in [1.54, 1.807) is 12.3 Å². The summed E-state index contributed by atoms with van der Waals surface area (Å²) in [4.78, 5) is 4.06. The fourth-order valence-corrected chi connectivity index (χ4v) is 1.11. The number of pyridine rings is 1. The topological polar surface area (TPSA) is 38.9 Å². The highest BCUT2D eigenvalue weighted by atomic mass is 79.9. The van der Waals surface area contributed by atoms with Gasteiger partial charge >= 0.3 is 0 Å². The zero-order chi connectivity index (χ0) is 8.97. The van der Waals surface area contributed by atoms with E-state index in [2.05, 4.69) is 20.9 Å². The normalized spacial score (nSPS) is 12.9. The molecular weight excluding hydrogens is 223 g/mol. The molecule has 2 nitrogen and oxygen atoms in total. The lowest BCUT2D eigenvalue weighted by atomic mass is 10.1. The molecule has 0 aliphatic rings. The van der Waals surface area contributed by atoms with Crippen LogP contribution in [0.1, 0.15) is 18.2 Å². The molecule has 1 atom stereocenters. The summed E-state index contributed by atoms with van der Waals surface area (Å²) in [7, 11) is 0. The lowest BCUT2D eigenvalue weighted by molar-refractivity contribution is 0.438. The molecule has 0 saturated heterocycles. The van der Waals surface area contributed by atoms with E-state index < -0.39 is 6.67 Å². The lowest BCUT2D eigenvalue weighted by Gasteiger charge is -2.07. The van der Waals surface area contributed by atoms with Gasteiger partial charge in [-0.3, -0.25) is 9.37 Å². The number of nitrogens with two attached hydrogens (primary N) is 1. The van der Waals surface area contributed by atoms with Crippen LogP contribution in [0.25, 0.3) is 0 Å². The molecule has 2 N–H and O–H groups in total. The quantitative estimate of drug-likeness (QED) is 0.869. The van der Waals surface area contributed by atoms with Gasteiger partial charge in [-0.15, -0.1) is 0 Å². The summed E-state index contributed by atoms with van der Waals surface area (Å²) in [6, 6.07) is 3.35. The Bertz CT molecular complexity index is 237. The van der Waals surface area contributed by atoms with E-state index in [1.807, 2.05) is 6.07 Å². The SMILES string of the molecule is N[C@@H](CCF)c1ccc(Br)cn1. The molecular formula is C8H10BrFN2. The van der Waals surface area contributed by atoms with Crippen LogP contribution in [0.5, 0.6) is 0 Å². The van der Waals surface area contributed by atoms with Gasteiger partial charge in [0.15, 0.2) is 0 Å². The maximum Gasteiger partial charge on any atom is 0.0913 e. The van der Waals surface area contributed by atoms with Crippen LogP contribution in [-0.2, 0) is 0 Å². The minimum absolute atomic E-state index is 0.289. The molecule has 0 bridgehead atoms. The lowest BCUT2D eigenvalue weighted by Crippen LogP contribution is -2.12. The first kappa shape index (κ1) is 9.61. The Hall–Kier alpha value is -0.480. The maximum absolute atomic E-state index is 11.9. The number of rotatable bonds is 3. The van der Waals surface area contributed by atoms with E-state index in [0.717, 1.165) is 10.2 Å². The average Bonchev–Trinajstić information content (AvgIpc) is 2.06. The number of alkyl halides is 1. The molecule has 0 unspecified atom stereocenters. The summed E-state index contributed by atoms with van der Waals surface area (Å²) in [5.41, 5.74) is 6.37.